The summed E-state index contributed by atoms with van der Waals surface area (Å²) < 4.78 is 8.17. The van der Waals surface area contributed by atoms with Gasteiger partial charge in [-0.3, -0.25) is 4.79 Å². The molecule has 3 rings (SSSR count). The summed E-state index contributed by atoms with van der Waals surface area (Å²) in [5.41, 5.74) is 7.35. The molecule has 0 spiro atoms. The van der Waals surface area contributed by atoms with E-state index in [4.69, 9.17) is 28.9 Å². The third-order valence-corrected chi connectivity index (χ3v) is 3.85. The number of hydrogen-bond acceptors (Lipinski definition) is 5. The summed E-state index contributed by atoms with van der Waals surface area (Å²) in [5, 5.41) is 3.30. The molecule has 1 aromatic carbocycles. The first-order chi connectivity index (χ1) is 10.1. The molecule has 21 heavy (non-hydrogen) atoms. The highest BCUT2D eigenvalue weighted by Gasteiger charge is 2.21. The molecule has 6 nitrogen and oxygen atoms in total. The van der Waals surface area contributed by atoms with Crippen LogP contribution in [-0.4, -0.2) is 10.9 Å². The third kappa shape index (κ3) is 2.51. The number of nitrogens with zero attached hydrogens (tertiary/aromatic N) is 3. The van der Waals surface area contributed by atoms with E-state index < -0.39 is 5.91 Å². The van der Waals surface area contributed by atoms with E-state index in [0.717, 1.165) is 11.4 Å². The van der Waals surface area contributed by atoms with E-state index in [0.29, 0.717) is 22.1 Å². The lowest BCUT2D eigenvalue weighted by Crippen LogP contribution is -2.16. The molecule has 0 radical (unpaired) electrons. The van der Waals surface area contributed by atoms with Gasteiger partial charge in [-0.1, -0.05) is 23.2 Å². The van der Waals surface area contributed by atoms with Gasteiger partial charge in [0.1, 0.15) is 11.4 Å². The van der Waals surface area contributed by atoms with Crippen molar-refractivity contribution in [3.8, 4) is 0 Å². The first-order valence-corrected chi connectivity index (χ1v) is 7.18. The van der Waals surface area contributed by atoms with Crippen LogP contribution >= 0.6 is 23.2 Å². The standard InChI is InChI=1S/C12H7Cl2N5OS/c13-5-4-6(14)9-11(19-21-18-9)8(5)17-12(20)10-7(15)2-1-3-16-10/h1-4H,15H2,(H,17,20). The fourth-order valence-corrected chi connectivity index (χ4v) is 2.93. The summed E-state index contributed by atoms with van der Waals surface area (Å²) in [6, 6.07) is 4.74. The normalized spacial score (nSPS) is 11.9. The van der Waals surface area contributed by atoms with Crippen LogP contribution in [-0.2, 0) is 11.4 Å². The van der Waals surface area contributed by atoms with Crippen LogP contribution in [0, 0.1) is 0 Å². The summed E-state index contributed by atoms with van der Waals surface area (Å²) in [4.78, 5) is 16.2. The van der Waals surface area contributed by atoms with Gasteiger partial charge in [-0.25, -0.2) is 4.98 Å². The molecule has 0 saturated heterocycles. The molecule has 1 aromatic heterocycles. The highest BCUT2D eigenvalue weighted by atomic mass is 35.5. The van der Waals surface area contributed by atoms with E-state index in [-0.39, 0.29) is 16.4 Å². The third-order valence-electron chi connectivity index (χ3n) is 2.74. The fraction of sp³-hybridized carbons (Fsp3) is 0. The van der Waals surface area contributed by atoms with Crippen LogP contribution in [0.2, 0.25) is 10.0 Å². The van der Waals surface area contributed by atoms with Crippen molar-refractivity contribution in [3.05, 3.63) is 40.1 Å². The molecule has 1 aliphatic rings. The predicted octanol–water partition coefficient (Wildman–Crippen LogP) is 3.95. The van der Waals surface area contributed by atoms with Crippen molar-refractivity contribution >= 4 is 63.2 Å². The monoisotopic (exact) mass is 339 g/mol. The Balaban J connectivity index is 2.01. The van der Waals surface area contributed by atoms with Gasteiger partial charge < -0.3 is 11.1 Å². The molecule has 1 amide bonds. The van der Waals surface area contributed by atoms with Crippen molar-refractivity contribution < 1.29 is 4.79 Å². The number of pyridine rings is 1. The topological polar surface area (TPSA) is 92.7 Å². The molecular weight excluding hydrogens is 333 g/mol. The average molecular weight is 340 g/mol. The van der Waals surface area contributed by atoms with Gasteiger partial charge in [0.05, 0.1) is 32.8 Å². The van der Waals surface area contributed by atoms with Gasteiger partial charge in [0.25, 0.3) is 5.91 Å². The summed E-state index contributed by atoms with van der Waals surface area (Å²) in [7, 11) is 0. The Labute approximate surface area is 133 Å². The molecule has 0 saturated carbocycles. The molecule has 0 bridgehead atoms. The van der Waals surface area contributed by atoms with Gasteiger partial charge in [0.15, 0.2) is 5.69 Å². The maximum absolute atomic E-state index is 12.2. The number of nitrogen functional groups attached to an aromatic ring is 1. The number of hydrogen-bond donors (Lipinski definition) is 2. The molecular formula is C12H7Cl2N5OS. The zero-order chi connectivity index (χ0) is 15.0. The Morgan fingerprint density at radius 2 is 2.00 bits per heavy atom. The van der Waals surface area contributed by atoms with Crippen LogP contribution in [0.3, 0.4) is 0 Å². The van der Waals surface area contributed by atoms with Crippen molar-refractivity contribution in [2.45, 2.75) is 0 Å². The Hall–Kier alpha value is -1.96. The first-order valence-electron chi connectivity index (χ1n) is 5.70. The van der Waals surface area contributed by atoms with Crippen LogP contribution in [0.25, 0.3) is 0 Å². The number of anilines is 2. The van der Waals surface area contributed by atoms with E-state index in [1.54, 1.807) is 12.1 Å². The van der Waals surface area contributed by atoms with Crippen molar-refractivity contribution in [2.75, 3.05) is 11.1 Å². The minimum atomic E-state index is -0.480. The first kappa shape index (κ1) is 14.0. The molecule has 2 heterocycles. The van der Waals surface area contributed by atoms with Crippen molar-refractivity contribution in [2.24, 2.45) is 8.73 Å². The van der Waals surface area contributed by atoms with Gasteiger partial charge in [-0.15, -0.1) is 0 Å². The Bertz CT molecular complexity index is 833. The van der Waals surface area contributed by atoms with Crippen molar-refractivity contribution in [1.82, 2.24) is 4.98 Å². The van der Waals surface area contributed by atoms with Crippen LogP contribution < -0.4 is 11.1 Å². The van der Waals surface area contributed by atoms with Crippen molar-refractivity contribution in [1.29, 1.82) is 0 Å². The Morgan fingerprint density at radius 1 is 1.24 bits per heavy atom. The second-order valence-corrected chi connectivity index (χ2v) is 5.41. The summed E-state index contributed by atoms with van der Waals surface area (Å²) in [6.07, 6.45) is 1.48. The lowest BCUT2D eigenvalue weighted by Gasteiger charge is -2.11. The SMILES string of the molecule is Nc1cccnc1C(=O)Nc1c(Cl)cc(Cl)c2c1N=S=N2. The summed E-state index contributed by atoms with van der Waals surface area (Å²) >= 11 is 13.1. The molecule has 0 atom stereocenters. The molecule has 2 aromatic rings. The highest BCUT2D eigenvalue weighted by molar-refractivity contribution is 7.58. The number of aromatic nitrogens is 1. The van der Waals surface area contributed by atoms with E-state index in [1.165, 1.54) is 12.3 Å². The minimum Gasteiger partial charge on any atom is -0.397 e. The maximum Gasteiger partial charge on any atom is 0.276 e. The van der Waals surface area contributed by atoms with Gasteiger partial charge in [-0.2, -0.15) is 8.73 Å². The lowest BCUT2D eigenvalue weighted by molar-refractivity contribution is 0.102. The number of rotatable bonds is 2. The molecule has 0 fully saturated rings. The number of nitrogens with one attached hydrogen (secondary N) is 1. The average Bonchev–Trinajstić information content (AvgIpc) is 2.93. The number of nitrogens with two attached hydrogens (primary N) is 1. The molecule has 9 heteroatoms. The molecule has 0 aliphatic carbocycles. The lowest BCUT2D eigenvalue weighted by atomic mass is 10.2. The predicted molar refractivity (Wildman–Crippen MR) is 84.6 cm³/mol. The largest absolute Gasteiger partial charge is 0.397 e. The van der Waals surface area contributed by atoms with E-state index >= 15 is 0 Å². The zero-order valence-electron chi connectivity index (χ0n) is 10.3. The van der Waals surface area contributed by atoms with E-state index in [1.807, 2.05) is 0 Å². The van der Waals surface area contributed by atoms with Gasteiger partial charge in [0, 0.05) is 6.20 Å². The van der Waals surface area contributed by atoms with Gasteiger partial charge >= 0.3 is 0 Å². The second-order valence-electron chi connectivity index (χ2n) is 4.07. The molecule has 106 valence electrons. The number of carbonyl (C=O) groups excluding carboxylic acids is 1. The van der Waals surface area contributed by atoms with Crippen LogP contribution in [0.1, 0.15) is 10.5 Å². The van der Waals surface area contributed by atoms with Crippen LogP contribution in [0.4, 0.5) is 22.7 Å². The van der Waals surface area contributed by atoms with Crippen LogP contribution in [0.5, 0.6) is 0 Å². The van der Waals surface area contributed by atoms with E-state index in [9.17, 15) is 4.79 Å². The number of carbonyl (C=O) groups is 1. The Morgan fingerprint density at radius 3 is 2.76 bits per heavy atom. The van der Waals surface area contributed by atoms with E-state index in [2.05, 4.69) is 19.0 Å². The number of benzene rings is 1. The molecule has 3 N–H and O–H groups in total. The number of halogens is 2. The number of amides is 1. The van der Waals surface area contributed by atoms with Gasteiger partial charge in [0.2, 0.25) is 0 Å². The van der Waals surface area contributed by atoms with Crippen molar-refractivity contribution in [3.63, 3.8) is 0 Å². The van der Waals surface area contributed by atoms with Crippen LogP contribution in [0.15, 0.2) is 33.1 Å². The number of fused-ring (bicyclic) bond motifs is 1. The molecule has 1 aliphatic heterocycles. The Kier molecular flexibility index (Phi) is 3.62. The second kappa shape index (κ2) is 5.44. The summed E-state index contributed by atoms with van der Waals surface area (Å²) in [5.74, 6) is -0.480. The minimum absolute atomic E-state index is 0.111. The quantitative estimate of drug-likeness (QED) is 0.740. The molecule has 0 unspecified atom stereocenters. The zero-order valence-corrected chi connectivity index (χ0v) is 12.6. The smallest absolute Gasteiger partial charge is 0.276 e. The summed E-state index contributed by atoms with van der Waals surface area (Å²) in [6.45, 7) is 0. The van der Waals surface area contributed by atoms with Gasteiger partial charge in [-0.05, 0) is 18.2 Å². The highest BCUT2D eigenvalue weighted by Crippen LogP contribution is 2.47. The fourth-order valence-electron chi connectivity index (χ4n) is 1.77. The maximum atomic E-state index is 12.2.